The number of halogens is 1. The molecule has 174 valence electrons. The van der Waals surface area contributed by atoms with Crippen molar-refractivity contribution in [2.24, 2.45) is 0 Å². The lowest BCUT2D eigenvalue weighted by Gasteiger charge is -2.27. The summed E-state index contributed by atoms with van der Waals surface area (Å²) in [5.41, 5.74) is 2.95. The van der Waals surface area contributed by atoms with Crippen molar-refractivity contribution in [3.8, 4) is 6.07 Å². The second kappa shape index (κ2) is 12.0. The molecule has 0 unspecified atom stereocenters. The van der Waals surface area contributed by atoms with E-state index in [9.17, 15) is 14.9 Å². The summed E-state index contributed by atoms with van der Waals surface area (Å²) in [5, 5.41) is 13.0. The first-order valence-electron chi connectivity index (χ1n) is 11.2. The van der Waals surface area contributed by atoms with Crippen LogP contribution in [0.5, 0.6) is 0 Å². The SMILES string of the molecule is CC[C@@H](OC(=O)c1ccccc1)C(=O)N[C@@H](C)[C@@H](Cc1ccc(Cl)cc1)c1cccc(C#N)c1. The first kappa shape index (κ1) is 25.0. The lowest BCUT2D eigenvalue weighted by molar-refractivity contribution is -0.130. The predicted octanol–water partition coefficient (Wildman–Crippen LogP) is 5.68. The number of esters is 1. The molecule has 3 aromatic rings. The number of carbonyl (C=O) groups excluding carboxylic acids is 2. The number of rotatable bonds is 9. The molecule has 5 nitrogen and oxygen atoms in total. The molecule has 0 radical (unpaired) electrons. The number of ether oxygens (including phenoxy) is 1. The minimum Gasteiger partial charge on any atom is -0.449 e. The van der Waals surface area contributed by atoms with E-state index in [-0.39, 0.29) is 17.9 Å². The van der Waals surface area contributed by atoms with Crippen LogP contribution in [0.1, 0.15) is 53.2 Å². The normalized spacial score (nSPS) is 13.2. The zero-order valence-electron chi connectivity index (χ0n) is 19.2. The average molecular weight is 475 g/mol. The number of hydrogen-bond donors (Lipinski definition) is 1. The van der Waals surface area contributed by atoms with Gasteiger partial charge in [0.1, 0.15) is 0 Å². The van der Waals surface area contributed by atoms with Gasteiger partial charge in [-0.15, -0.1) is 0 Å². The molecular weight excluding hydrogens is 448 g/mol. The molecule has 0 aromatic heterocycles. The molecule has 0 saturated heterocycles. The molecule has 0 saturated carbocycles. The minimum absolute atomic E-state index is 0.110. The fraction of sp³-hybridized carbons (Fsp3) is 0.250. The molecule has 1 N–H and O–H groups in total. The molecule has 0 heterocycles. The zero-order valence-corrected chi connectivity index (χ0v) is 20.0. The largest absolute Gasteiger partial charge is 0.449 e. The summed E-state index contributed by atoms with van der Waals surface area (Å²) >= 11 is 6.04. The molecule has 0 aliphatic carbocycles. The Morgan fingerprint density at radius 1 is 1.03 bits per heavy atom. The summed E-state index contributed by atoms with van der Waals surface area (Å²) in [6.45, 7) is 3.72. The van der Waals surface area contributed by atoms with E-state index in [1.165, 1.54) is 0 Å². The van der Waals surface area contributed by atoms with Gasteiger partial charge in [0.05, 0.1) is 17.2 Å². The zero-order chi connectivity index (χ0) is 24.5. The van der Waals surface area contributed by atoms with Crippen LogP contribution >= 0.6 is 11.6 Å². The summed E-state index contributed by atoms with van der Waals surface area (Å²) in [6, 6.07) is 25.5. The molecule has 0 spiro atoms. The quantitative estimate of drug-likeness (QED) is 0.405. The summed E-state index contributed by atoms with van der Waals surface area (Å²) in [7, 11) is 0. The third-order valence-corrected chi connectivity index (χ3v) is 5.96. The van der Waals surface area contributed by atoms with Gasteiger partial charge < -0.3 is 10.1 Å². The summed E-state index contributed by atoms with van der Waals surface area (Å²) in [4.78, 5) is 25.5. The lowest BCUT2D eigenvalue weighted by Crippen LogP contribution is -2.44. The van der Waals surface area contributed by atoms with Crippen molar-refractivity contribution in [1.82, 2.24) is 5.32 Å². The number of nitrogens with one attached hydrogen (secondary N) is 1. The van der Waals surface area contributed by atoms with Gasteiger partial charge in [0.2, 0.25) is 0 Å². The van der Waals surface area contributed by atoms with Gasteiger partial charge in [-0.05, 0) is 67.3 Å². The highest BCUT2D eigenvalue weighted by atomic mass is 35.5. The van der Waals surface area contributed by atoms with E-state index in [0.717, 1.165) is 11.1 Å². The van der Waals surface area contributed by atoms with Crippen LogP contribution in [-0.4, -0.2) is 24.0 Å². The van der Waals surface area contributed by atoms with Crippen LogP contribution in [0.4, 0.5) is 0 Å². The maximum atomic E-state index is 13.0. The third kappa shape index (κ3) is 6.69. The van der Waals surface area contributed by atoms with Gasteiger partial charge in [0, 0.05) is 17.0 Å². The third-order valence-electron chi connectivity index (χ3n) is 5.71. The van der Waals surface area contributed by atoms with Crippen LogP contribution in [0.25, 0.3) is 0 Å². The standard InChI is InChI=1S/C28H27ClN2O3/c1-3-26(34-28(33)22-9-5-4-6-10-22)27(32)31-19(2)25(17-20-12-14-24(29)15-13-20)23-11-7-8-21(16-23)18-30/h4-16,19,25-26H,3,17H2,1-2H3,(H,31,32)/t19-,25+,26+/m0/s1. The molecule has 6 heteroatoms. The number of carbonyl (C=O) groups is 2. The molecular formula is C28H27ClN2O3. The minimum atomic E-state index is -0.906. The van der Waals surface area contributed by atoms with Gasteiger partial charge in [-0.25, -0.2) is 4.79 Å². The maximum Gasteiger partial charge on any atom is 0.338 e. The average Bonchev–Trinajstić information content (AvgIpc) is 2.87. The fourth-order valence-electron chi connectivity index (χ4n) is 3.81. The predicted molar refractivity (Wildman–Crippen MR) is 133 cm³/mol. The van der Waals surface area contributed by atoms with Crippen LogP contribution in [0.3, 0.4) is 0 Å². The molecule has 1 amide bonds. The Balaban J connectivity index is 1.78. The highest BCUT2D eigenvalue weighted by molar-refractivity contribution is 6.30. The van der Waals surface area contributed by atoms with Crippen molar-refractivity contribution in [3.05, 3.63) is 106 Å². The molecule has 0 fully saturated rings. The molecule has 0 aliphatic rings. The number of nitriles is 1. The number of amides is 1. The van der Waals surface area contributed by atoms with Gasteiger partial charge in [-0.3, -0.25) is 4.79 Å². The van der Waals surface area contributed by atoms with Gasteiger partial charge in [-0.2, -0.15) is 5.26 Å². The van der Waals surface area contributed by atoms with Crippen molar-refractivity contribution >= 4 is 23.5 Å². The topological polar surface area (TPSA) is 79.2 Å². The molecule has 3 aromatic carbocycles. The van der Waals surface area contributed by atoms with Crippen molar-refractivity contribution < 1.29 is 14.3 Å². The van der Waals surface area contributed by atoms with Crippen LogP contribution in [0.15, 0.2) is 78.9 Å². The van der Waals surface area contributed by atoms with Crippen LogP contribution < -0.4 is 5.32 Å². The van der Waals surface area contributed by atoms with Crippen LogP contribution in [0.2, 0.25) is 5.02 Å². The van der Waals surface area contributed by atoms with E-state index < -0.39 is 12.1 Å². The molecule has 34 heavy (non-hydrogen) atoms. The first-order valence-corrected chi connectivity index (χ1v) is 11.6. The Morgan fingerprint density at radius 3 is 2.38 bits per heavy atom. The van der Waals surface area contributed by atoms with E-state index in [1.54, 1.807) is 37.3 Å². The molecule has 0 aliphatic heterocycles. The molecule has 0 bridgehead atoms. The van der Waals surface area contributed by atoms with E-state index >= 15 is 0 Å². The van der Waals surface area contributed by atoms with Crippen LogP contribution in [0, 0.1) is 11.3 Å². The maximum absolute atomic E-state index is 13.0. The summed E-state index contributed by atoms with van der Waals surface area (Å²) in [6.07, 6.45) is 0.0774. The highest BCUT2D eigenvalue weighted by Gasteiger charge is 2.27. The molecule has 3 atom stereocenters. The van der Waals surface area contributed by atoms with Crippen molar-refractivity contribution in [1.29, 1.82) is 5.26 Å². The highest BCUT2D eigenvalue weighted by Crippen LogP contribution is 2.26. The van der Waals surface area contributed by atoms with Gasteiger partial charge in [-0.1, -0.05) is 61.0 Å². The first-order chi connectivity index (χ1) is 16.4. The summed E-state index contributed by atoms with van der Waals surface area (Å²) in [5.74, 6) is -0.993. The Hall–Kier alpha value is -3.62. The van der Waals surface area contributed by atoms with E-state index in [2.05, 4.69) is 11.4 Å². The fourth-order valence-corrected chi connectivity index (χ4v) is 3.93. The summed E-state index contributed by atoms with van der Waals surface area (Å²) < 4.78 is 5.49. The Kier molecular flexibility index (Phi) is 8.84. The molecule has 3 rings (SSSR count). The number of hydrogen-bond acceptors (Lipinski definition) is 4. The Labute approximate surface area is 205 Å². The van der Waals surface area contributed by atoms with E-state index in [4.69, 9.17) is 16.3 Å². The van der Waals surface area contributed by atoms with Gasteiger partial charge in [0.15, 0.2) is 6.10 Å². The van der Waals surface area contributed by atoms with E-state index in [0.29, 0.717) is 29.0 Å². The van der Waals surface area contributed by atoms with Crippen molar-refractivity contribution in [2.45, 2.75) is 44.8 Å². The Morgan fingerprint density at radius 2 is 1.74 bits per heavy atom. The monoisotopic (exact) mass is 474 g/mol. The van der Waals surface area contributed by atoms with Crippen molar-refractivity contribution in [2.75, 3.05) is 0 Å². The van der Waals surface area contributed by atoms with Gasteiger partial charge >= 0.3 is 5.97 Å². The number of nitrogens with zero attached hydrogens (tertiary/aromatic N) is 1. The van der Waals surface area contributed by atoms with Crippen molar-refractivity contribution in [3.63, 3.8) is 0 Å². The van der Waals surface area contributed by atoms with E-state index in [1.807, 2.05) is 55.5 Å². The second-order valence-electron chi connectivity index (χ2n) is 8.14. The second-order valence-corrected chi connectivity index (χ2v) is 8.58. The number of benzene rings is 3. The van der Waals surface area contributed by atoms with Gasteiger partial charge in [0.25, 0.3) is 5.91 Å². The van der Waals surface area contributed by atoms with Crippen LogP contribution in [-0.2, 0) is 16.0 Å². The lowest BCUT2D eigenvalue weighted by atomic mass is 9.85. The Bertz CT molecular complexity index is 1160. The smallest absolute Gasteiger partial charge is 0.338 e.